The Labute approximate surface area is 133 Å². The van der Waals surface area contributed by atoms with Gasteiger partial charge in [-0.1, -0.05) is 13.8 Å². The van der Waals surface area contributed by atoms with Gasteiger partial charge >= 0.3 is 0 Å². The second-order valence-corrected chi connectivity index (χ2v) is 7.00. The molecule has 1 saturated heterocycles. The molecule has 0 radical (unpaired) electrons. The smallest absolute Gasteiger partial charge is 0.225 e. The Morgan fingerprint density at radius 2 is 2.10 bits per heavy atom. The van der Waals surface area contributed by atoms with Crippen molar-refractivity contribution in [2.24, 2.45) is 5.92 Å². The van der Waals surface area contributed by atoms with Crippen molar-refractivity contribution in [2.45, 2.75) is 32.6 Å². The molecule has 6 heteroatoms. The largest absolute Gasteiger partial charge is 0.356 e. The van der Waals surface area contributed by atoms with E-state index >= 15 is 0 Å². The van der Waals surface area contributed by atoms with Crippen molar-refractivity contribution < 1.29 is 4.79 Å². The Morgan fingerprint density at radius 3 is 2.71 bits per heavy atom. The van der Waals surface area contributed by atoms with Crippen molar-refractivity contribution >= 4 is 45.3 Å². The summed E-state index contributed by atoms with van der Waals surface area (Å²) in [6.45, 7) is 6.05. The summed E-state index contributed by atoms with van der Waals surface area (Å²) in [4.78, 5) is 22.9. The highest BCUT2D eigenvalue weighted by molar-refractivity contribution is 7.17. The molecule has 0 N–H and O–H groups in total. The van der Waals surface area contributed by atoms with Crippen molar-refractivity contribution in [3.63, 3.8) is 0 Å². The van der Waals surface area contributed by atoms with Gasteiger partial charge in [-0.15, -0.1) is 11.3 Å². The summed E-state index contributed by atoms with van der Waals surface area (Å²) in [5.74, 6) is 1.54. The number of anilines is 1. The fourth-order valence-electron chi connectivity index (χ4n) is 2.82. The molecule has 112 valence electrons. The number of rotatable bonds is 3. The first-order valence-electron chi connectivity index (χ1n) is 7.25. The second-order valence-electron chi connectivity index (χ2n) is 5.80. The molecule has 0 bridgehead atoms. The molecule has 0 spiro atoms. The fourth-order valence-corrected chi connectivity index (χ4v) is 4.13. The number of piperidine rings is 1. The molecule has 21 heavy (non-hydrogen) atoms. The van der Waals surface area contributed by atoms with E-state index in [1.54, 1.807) is 11.3 Å². The summed E-state index contributed by atoms with van der Waals surface area (Å²) in [5, 5.41) is 3.58. The average Bonchev–Trinajstić information content (AvgIpc) is 2.90. The SMILES string of the molecule is CC(C)c1csc2nc(Cl)nc(N3CCC(C=O)CC3)c12. The molecule has 2 aromatic heterocycles. The van der Waals surface area contributed by atoms with Crippen LogP contribution < -0.4 is 4.90 Å². The monoisotopic (exact) mass is 323 g/mol. The van der Waals surface area contributed by atoms with Gasteiger partial charge in [-0.3, -0.25) is 0 Å². The molecule has 4 nitrogen and oxygen atoms in total. The van der Waals surface area contributed by atoms with Crippen molar-refractivity contribution in [1.29, 1.82) is 0 Å². The standard InChI is InChI=1S/C15H18ClN3OS/c1-9(2)11-8-21-14-12(11)13(17-15(16)18-14)19-5-3-10(7-20)4-6-19/h7-10H,3-6H2,1-2H3. The predicted molar refractivity (Wildman–Crippen MR) is 87.5 cm³/mol. The maximum absolute atomic E-state index is 10.9. The lowest BCUT2D eigenvalue weighted by atomic mass is 9.98. The lowest BCUT2D eigenvalue weighted by molar-refractivity contribution is -0.111. The van der Waals surface area contributed by atoms with Gasteiger partial charge in [0.2, 0.25) is 5.28 Å². The summed E-state index contributed by atoms with van der Waals surface area (Å²) in [5.41, 5.74) is 1.28. The number of hydrogen-bond acceptors (Lipinski definition) is 5. The number of hydrogen-bond donors (Lipinski definition) is 0. The number of aldehydes is 1. The van der Waals surface area contributed by atoms with Crippen molar-refractivity contribution in [3.05, 3.63) is 16.2 Å². The van der Waals surface area contributed by atoms with Crippen LogP contribution in [-0.4, -0.2) is 29.3 Å². The Balaban J connectivity index is 2.04. The normalized spacial score (nSPS) is 16.9. The number of aromatic nitrogens is 2. The number of fused-ring (bicyclic) bond motifs is 1. The molecule has 1 aliphatic heterocycles. The van der Waals surface area contributed by atoms with Gasteiger partial charge in [-0.2, -0.15) is 4.98 Å². The molecule has 3 heterocycles. The second kappa shape index (κ2) is 5.89. The van der Waals surface area contributed by atoms with Crippen LogP contribution in [0.4, 0.5) is 5.82 Å². The molecule has 2 aromatic rings. The maximum Gasteiger partial charge on any atom is 0.225 e. The van der Waals surface area contributed by atoms with Gasteiger partial charge < -0.3 is 9.69 Å². The van der Waals surface area contributed by atoms with E-state index in [1.165, 1.54) is 5.56 Å². The molecule has 0 aliphatic carbocycles. The zero-order chi connectivity index (χ0) is 15.0. The van der Waals surface area contributed by atoms with Crippen molar-refractivity contribution in [3.8, 4) is 0 Å². The average molecular weight is 324 g/mol. The predicted octanol–water partition coefficient (Wildman–Crippen LogP) is 3.88. The van der Waals surface area contributed by atoms with E-state index in [0.29, 0.717) is 11.2 Å². The van der Waals surface area contributed by atoms with Gasteiger partial charge in [0, 0.05) is 19.0 Å². The van der Waals surface area contributed by atoms with Crippen molar-refractivity contribution in [2.75, 3.05) is 18.0 Å². The maximum atomic E-state index is 10.9. The number of nitrogens with zero attached hydrogens (tertiary/aromatic N) is 3. The third-order valence-electron chi connectivity index (χ3n) is 4.07. The lowest BCUT2D eigenvalue weighted by Gasteiger charge is -2.31. The van der Waals surface area contributed by atoms with Gasteiger partial charge in [-0.05, 0) is 41.3 Å². The zero-order valence-corrected chi connectivity index (χ0v) is 13.7. The first kappa shape index (κ1) is 14.7. The minimum atomic E-state index is 0.182. The van der Waals surface area contributed by atoms with E-state index in [-0.39, 0.29) is 5.92 Å². The summed E-state index contributed by atoms with van der Waals surface area (Å²) in [6.07, 6.45) is 2.84. The van der Waals surface area contributed by atoms with E-state index in [1.807, 2.05) is 0 Å². The van der Waals surface area contributed by atoms with E-state index in [4.69, 9.17) is 11.6 Å². The van der Waals surface area contributed by atoms with Gasteiger partial charge in [0.25, 0.3) is 0 Å². The van der Waals surface area contributed by atoms with E-state index in [9.17, 15) is 4.79 Å². The first-order chi connectivity index (χ1) is 10.1. The molecule has 0 unspecified atom stereocenters. The summed E-state index contributed by atoms with van der Waals surface area (Å²) < 4.78 is 0. The van der Waals surface area contributed by atoms with Crippen LogP contribution in [0.5, 0.6) is 0 Å². The third-order valence-corrected chi connectivity index (χ3v) is 5.13. The number of carbonyl (C=O) groups excluding carboxylic acids is 1. The highest BCUT2D eigenvalue weighted by Crippen LogP contribution is 2.37. The number of halogens is 1. The molecule has 0 atom stereocenters. The third kappa shape index (κ3) is 2.77. The number of carbonyl (C=O) groups is 1. The van der Waals surface area contributed by atoms with Crippen LogP contribution in [-0.2, 0) is 4.79 Å². The molecule has 1 fully saturated rings. The van der Waals surface area contributed by atoms with Gasteiger partial charge in [0.15, 0.2) is 0 Å². The summed E-state index contributed by atoms with van der Waals surface area (Å²) in [7, 11) is 0. The van der Waals surface area contributed by atoms with Crippen LogP contribution in [0.25, 0.3) is 10.2 Å². The summed E-state index contributed by atoms with van der Waals surface area (Å²) >= 11 is 7.71. The Kier molecular flexibility index (Phi) is 4.13. The van der Waals surface area contributed by atoms with Crippen LogP contribution in [0, 0.1) is 5.92 Å². The molecule has 3 rings (SSSR count). The lowest BCUT2D eigenvalue weighted by Crippen LogP contribution is -2.34. The Morgan fingerprint density at radius 1 is 1.38 bits per heavy atom. The molecule has 0 amide bonds. The minimum absolute atomic E-state index is 0.182. The van der Waals surface area contributed by atoms with Gasteiger partial charge in [-0.25, -0.2) is 4.98 Å². The highest BCUT2D eigenvalue weighted by Gasteiger charge is 2.24. The Bertz CT molecular complexity index is 662. The van der Waals surface area contributed by atoms with Gasteiger partial charge in [0.1, 0.15) is 16.9 Å². The quantitative estimate of drug-likeness (QED) is 0.635. The summed E-state index contributed by atoms with van der Waals surface area (Å²) in [6, 6.07) is 0. The zero-order valence-electron chi connectivity index (χ0n) is 12.2. The van der Waals surface area contributed by atoms with E-state index < -0.39 is 0 Å². The van der Waals surface area contributed by atoms with E-state index in [2.05, 4.69) is 34.1 Å². The van der Waals surface area contributed by atoms with Crippen LogP contribution in [0.15, 0.2) is 5.38 Å². The first-order valence-corrected chi connectivity index (χ1v) is 8.50. The molecule has 0 saturated carbocycles. The molecule has 0 aromatic carbocycles. The fraction of sp³-hybridized carbons (Fsp3) is 0.533. The van der Waals surface area contributed by atoms with Gasteiger partial charge in [0.05, 0.1) is 5.39 Å². The van der Waals surface area contributed by atoms with Crippen molar-refractivity contribution in [1.82, 2.24) is 9.97 Å². The van der Waals surface area contributed by atoms with Crippen LogP contribution in [0.1, 0.15) is 38.2 Å². The Hall–Kier alpha value is -1.20. The topological polar surface area (TPSA) is 46.1 Å². The van der Waals surface area contributed by atoms with Crippen LogP contribution in [0.3, 0.4) is 0 Å². The van der Waals surface area contributed by atoms with E-state index in [0.717, 1.165) is 48.3 Å². The van der Waals surface area contributed by atoms with Crippen LogP contribution >= 0.6 is 22.9 Å². The minimum Gasteiger partial charge on any atom is -0.356 e. The molecular formula is C15H18ClN3OS. The molecular weight excluding hydrogens is 306 g/mol. The molecule has 1 aliphatic rings. The number of thiophene rings is 1. The van der Waals surface area contributed by atoms with Crippen LogP contribution in [0.2, 0.25) is 5.28 Å². The highest BCUT2D eigenvalue weighted by atomic mass is 35.5.